The highest BCUT2D eigenvalue weighted by molar-refractivity contribution is 7.89. The summed E-state index contributed by atoms with van der Waals surface area (Å²) >= 11 is 0. The largest absolute Gasteiger partial charge is 0.326 e. The lowest BCUT2D eigenvalue weighted by molar-refractivity contribution is -0.116. The summed E-state index contributed by atoms with van der Waals surface area (Å²) in [7, 11) is -3.49. The van der Waals surface area contributed by atoms with E-state index in [-0.39, 0.29) is 17.2 Å². The zero-order valence-corrected chi connectivity index (χ0v) is 17.7. The zero-order chi connectivity index (χ0) is 21.1. The van der Waals surface area contributed by atoms with Crippen molar-refractivity contribution in [1.29, 1.82) is 0 Å². The Kier molecular flexibility index (Phi) is 5.83. The van der Waals surface area contributed by atoms with E-state index >= 15 is 0 Å². The summed E-state index contributed by atoms with van der Waals surface area (Å²) in [5.74, 6) is -0.115. The van der Waals surface area contributed by atoms with Gasteiger partial charge in [-0.25, -0.2) is 13.1 Å². The predicted octanol–water partition coefficient (Wildman–Crippen LogP) is 2.81. The van der Waals surface area contributed by atoms with E-state index in [4.69, 9.17) is 0 Å². The number of nitrogens with one attached hydrogen (secondary N) is 1. The summed E-state index contributed by atoms with van der Waals surface area (Å²) < 4.78 is 28.6. The van der Waals surface area contributed by atoms with Gasteiger partial charge in [0, 0.05) is 25.2 Å². The van der Waals surface area contributed by atoms with Crippen LogP contribution < -0.4 is 5.32 Å². The molecule has 4 rings (SSSR count). The van der Waals surface area contributed by atoms with Gasteiger partial charge in [0.05, 0.1) is 17.0 Å². The molecule has 1 aliphatic rings. The van der Waals surface area contributed by atoms with Crippen LogP contribution in [0.4, 0.5) is 5.69 Å². The lowest BCUT2D eigenvalue weighted by Gasteiger charge is -2.15. The normalized spacial score (nSPS) is 15.0. The molecule has 3 aromatic rings. The molecular formula is C21H25N5O3S. The van der Waals surface area contributed by atoms with Crippen molar-refractivity contribution in [3.63, 3.8) is 0 Å². The van der Waals surface area contributed by atoms with Gasteiger partial charge < -0.3 is 5.32 Å². The van der Waals surface area contributed by atoms with Crippen LogP contribution in [0.3, 0.4) is 0 Å². The number of carbonyl (C=O) groups excluding carboxylic acids is 1. The number of rotatable bonds is 7. The van der Waals surface area contributed by atoms with Crippen molar-refractivity contribution in [2.24, 2.45) is 0 Å². The monoisotopic (exact) mass is 427 g/mol. The van der Waals surface area contributed by atoms with Gasteiger partial charge in [-0.2, -0.15) is 4.31 Å². The number of hydrogen-bond donors (Lipinski definition) is 1. The summed E-state index contributed by atoms with van der Waals surface area (Å²) in [5.41, 5.74) is 3.19. The topological polar surface area (TPSA) is 97.2 Å². The minimum atomic E-state index is -3.49. The molecule has 0 bridgehead atoms. The summed E-state index contributed by atoms with van der Waals surface area (Å²) in [4.78, 5) is 12.5. The molecule has 1 amide bonds. The Morgan fingerprint density at radius 2 is 1.83 bits per heavy atom. The Hall–Kier alpha value is -2.78. The molecule has 1 saturated heterocycles. The van der Waals surface area contributed by atoms with Crippen LogP contribution in [0.15, 0.2) is 47.4 Å². The average Bonchev–Trinajstić information content (AvgIpc) is 3.43. The van der Waals surface area contributed by atoms with E-state index in [0.717, 1.165) is 24.9 Å². The van der Waals surface area contributed by atoms with Crippen LogP contribution >= 0.6 is 0 Å². The van der Waals surface area contributed by atoms with Crippen molar-refractivity contribution in [3.05, 3.63) is 48.0 Å². The highest BCUT2D eigenvalue weighted by Crippen LogP contribution is 2.23. The van der Waals surface area contributed by atoms with Gasteiger partial charge in [-0.05, 0) is 55.2 Å². The van der Waals surface area contributed by atoms with Gasteiger partial charge in [0.1, 0.15) is 5.52 Å². The van der Waals surface area contributed by atoms with Gasteiger partial charge in [0.25, 0.3) is 0 Å². The molecule has 0 unspecified atom stereocenters. The third-order valence-electron chi connectivity index (χ3n) is 5.38. The molecule has 30 heavy (non-hydrogen) atoms. The Labute approximate surface area is 175 Å². The Morgan fingerprint density at radius 1 is 1.10 bits per heavy atom. The van der Waals surface area contributed by atoms with Gasteiger partial charge in [-0.1, -0.05) is 24.3 Å². The molecule has 0 atom stereocenters. The number of aryl methyl sites for hydroxylation is 2. The Balaban J connectivity index is 1.42. The van der Waals surface area contributed by atoms with Gasteiger partial charge in [0.2, 0.25) is 15.9 Å². The van der Waals surface area contributed by atoms with Gasteiger partial charge >= 0.3 is 0 Å². The highest BCUT2D eigenvalue weighted by atomic mass is 32.2. The lowest BCUT2D eigenvalue weighted by Crippen LogP contribution is -2.27. The average molecular weight is 428 g/mol. The molecule has 1 N–H and O–H groups in total. The first-order valence-corrected chi connectivity index (χ1v) is 11.6. The molecule has 2 heterocycles. The number of nitrogens with zero attached hydrogens (tertiary/aromatic N) is 4. The van der Waals surface area contributed by atoms with Crippen molar-refractivity contribution >= 4 is 32.7 Å². The minimum absolute atomic E-state index is 0.115. The molecule has 1 aromatic heterocycles. The van der Waals surface area contributed by atoms with Crippen LogP contribution in [0, 0.1) is 0 Å². The van der Waals surface area contributed by atoms with Crippen molar-refractivity contribution in [2.45, 2.75) is 44.0 Å². The number of fused-ring (bicyclic) bond motifs is 1. The predicted molar refractivity (Wildman–Crippen MR) is 115 cm³/mol. The number of benzene rings is 2. The molecule has 1 fully saturated rings. The summed E-state index contributed by atoms with van der Waals surface area (Å²) in [6.45, 7) is 3.56. The fourth-order valence-electron chi connectivity index (χ4n) is 3.61. The van der Waals surface area contributed by atoms with Crippen LogP contribution in [-0.4, -0.2) is 46.7 Å². The van der Waals surface area contributed by atoms with Gasteiger partial charge in [0.15, 0.2) is 0 Å². The van der Waals surface area contributed by atoms with Gasteiger partial charge in [-0.3, -0.25) is 4.79 Å². The molecule has 0 spiro atoms. The van der Waals surface area contributed by atoms with Crippen molar-refractivity contribution in [3.8, 4) is 0 Å². The molecule has 9 heteroatoms. The van der Waals surface area contributed by atoms with E-state index in [1.165, 1.54) is 9.87 Å². The number of carbonyl (C=O) groups is 1. The van der Waals surface area contributed by atoms with Crippen LogP contribution in [0.25, 0.3) is 11.0 Å². The lowest BCUT2D eigenvalue weighted by atomic mass is 10.1. The van der Waals surface area contributed by atoms with Crippen LogP contribution in [-0.2, 0) is 27.8 Å². The second kappa shape index (κ2) is 8.53. The summed E-state index contributed by atoms with van der Waals surface area (Å²) in [6, 6.07) is 12.6. The third kappa shape index (κ3) is 4.22. The number of anilines is 1. The first-order chi connectivity index (χ1) is 14.5. The molecule has 2 aromatic carbocycles. The zero-order valence-electron chi connectivity index (χ0n) is 16.9. The quantitative estimate of drug-likeness (QED) is 0.625. The van der Waals surface area contributed by atoms with E-state index in [1.807, 2.05) is 24.3 Å². The SMILES string of the molecule is CCc1ccc(NC(=O)CCn2nnc3cc(S(=O)(=O)N4CCCC4)ccc32)cc1. The summed E-state index contributed by atoms with van der Waals surface area (Å²) in [5, 5.41) is 11.1. The smallest absolute Gasteiger partial charge is 0.243 e. The number of amides is 1. The number of aromatic nitrogens is 3. The van der Waals surface area contributed by atoms with Crippen molar-refractivity contribution < 1.29 is 13.2 Å². The molecule has 0 saturated carbocycles. The van der Waals surface area contributed by atoms with E-state index in [1.54, 1.807) is 22.9 Å². The number of hydrogen-bond acceptors (Lipinski definition) is 5. The molecule has 8 nitrogen and oxygen atoms in total. The standard InChI is InChI=1S/C21H25N5O3S/c1-2-16-5-7-17(8-6-16)22-21(27)11-14-26-20-10-9-18(15-19(20)23-24-26)30(28,29)25-12-3-4-13-25/h5-10,15H,2-4,11-14H2,1H3,(H,22,27). The van der Waals surface area contributed by atoms with Crippen molar-refractivity contribution in [1.82, 2.24) is 19.3 Å². The van der Waals surface area contributed by atoms with Crippen LogP contribution in [0.1, 0.15) is 31.7 Å². The highest BCUT2D eigenvalue weighted by Gasteiger charge is 2.27. The molecule has 1 aliphatic heterocycles. The van der Waals surface area contributed by atoms with E-state index in [9.17, 15) is 13.2 Å². The second-order valence-electron chi connectivity index (χ2n) is 7.42. The first kappa shape index (κ1) is 20.5. The molecular weight excluding hydrogens is 402 g/mol. The van der Waals surface area contributed by atoms with Crippen LogP contribution in [0.2, 0.25) is 0 Å². The fourth-order valence-corrected chi connectivity index (χ4v) is 5.15. The third-order valence-corrected chi connectivity index (χ3v) is 7.28. The Bertz CT molecular complexity index is 1150. The maximum atomic E-state index is 12.7. The molecule has 158 valence electrons. The maximum Gasteiger partial charge on any atom is 0.243 e. The minimum Gasteiger partial charge on any atom is -0.326 e. The van der Waals surface area contributed by atoms with Gasteiger partial charge in [-0.15, -0.1) is 5.10 Å². The summed E-state index contributed by atoms with van der Waals surface area (Å²) in [6.07, 6.45) is 2.97. The van der Waals surface area contributed by atoms with E-state index in [2.05, 4.69) is 22.6 Å². The van der Waals surface area contributed by atoms with E-state index in [0.29, 0.717) is 30.7 Å². The van der Waals surface area contributed by atoms with Crippen LogP contribution in [0.5, 0.6) is 0 Å². The first-order valence-electron chi connectivity index (χ1n) is 10.2. The molecule has 0 aliphatic carbocycles. The maximum absolute atomic E-state index is 12.7. The fraction of sp³-hybridized carbons (Fsp3) is 0.381. The molecule has 0 radical (unpaired) electrons. The Morgan fingerprint density at radius 3 is 2.53 bits per heavy atom. The van der Waals surface area contributed by atoms with E-state index < -0.39 is 10.0 Å². The number of sulfonamides is 1. The van der Waals surface area contributed by atoms with Crippen molar-refractivity contribution in [2.75, 3.05) is 18.4 Å². The second-order valence-corrected chi connectivity index (χ2v) is 9.36.